The third-order valence-electron chi connectivity index (χ3n) is 5.78. The second-order valence-electron chi connectivity index (χ2n) is 8.79. The third kappa shape index (κ3) is 4.56. The minimum atomic E-state index is -2.58. The van der Waals surface area contributed by atoms with Crippen LogP contribution < -0.4 is 10.4 Å². The van der Waals surface area contributed by atoms with Crippen LogP contribution in [0.1, 0.15) is 40.5 Å². The van der Waals surface area contributed by atoms with Crippen LogP contribution >= 0.6 is 0 Å². The lowest BCUT2D eigenvalue weighted by Crippen LogP contribution is -2.68. The first kappa shape index (κ1) is 21.6. The van der Waals surface area contributed by atoms with Gasteiger partial charge in [-0.1, -0.05) is 99.5 Å². The molecule has 152 valence electrons. The lowest BCUT2D eigenvalue weighted by Gasteiger charge is -2.45. The van der Waals surface area contributed by atoms with E-state index >= 15 is 0 Å². The maximum absolute atomic E-state index is 10.3. The molecule has 0 radical (unpaired) electrons. The number of aliphatic hydroxyl groups is 1. The second kappa shape index (κ2) is 9.13. The summed E-state index contributed by atoms with van der Waals surface area (Å²) >= 11 is 0. The Balaban J connectivity index is 2.05. The molecule has 0 saturated heterocycles. The number of rotatable bonds is 6. The maximum Gasteiger partial charge on any atom is 0.261 e. The minimum Gasteiger partial charge on any atom is -0.404 e. The summed E-state index contributed by atoms with van der Waals surface area (Å²) in [4.78, 5) is 0. The fourth-order valence-electron chi connectivity index (χ4n) is 4.45. The normalized spacial score (nSPS) is 20.2. The zero-order valence-corrected chi connectivity index (χ0v) is 18.9. The number of aliphatic hydroxyl groups excluding tert-OH is 1. The summed E-state index contributed by atoms with van der Waals surface area (Å²) < 4.78 is 7.24. The molecule has 0 heterocycles. The Labute approximate surface area is 176 Å². The molecule has 1 aliphatic carbocycles. The van der Waals surface area contributed by atoms with Crippen LogP contribution in [0.5, 0.6) is 0 Å². The Morgan fingerprint density at radius 3 is 2.07 bits per heavy atom. The van der Waals surface area contributed by atoms with Crippen molar-refractivity contribution in [3.05, 3.63) is 72.8 Å². The minimum absolute atomic E-state index is 0.0506. The molecular formula is C26H32O2Si. The average Bonchev–Trinajstić information content (AvgIpc) is 3.13. The molecule has 29 heavy (non-hydrogen) atoms. The lowest BCUT2D eigenvalue weighted by molar-refractivity contribution is 0.121. The summed E-state index contributed by atoms with van der Waals surface area (Å²) in [6.45, 7) is 8.67. The van der Waals surface area contributed by atoms with Crippen LogP contribution in [0.3, 0.4) is 0 Å². The van der Waals surface area contributed by atoms with E-state index in [9.17, 15) is 5.11 Å². The molecule has 3 rings (SSSR count). The van der Waals surface area contributed by atoms with Crippen molar-refractivity contribution in [3.8, 4) is 11.8 Å². The van der Waals surface area contributed by atoms with Crippen LogP contribution in [0.2, 0.25) is 5.04 Å². The first-order valence-electron chi connectivity index (χ1n) is 10.4. The molecule has 0 fully saturated rings. The Kier molecular flexibility index (Phi) is 6.80. The fraction of sp³-hybridized carbons (Fsp3) is 0.385. The van der Waals surface area contributed by atoms with Crippen LogP contribution in [0.4, 0.5) is 0 Å². The standard InChI is InChI=1S/C26H32O2Si/c1-5-13-22(27)20-21-14-12-19-25(21)28-29(26(2,3)4,23-15-8-6-9-16-23)24-17-10-7-11-18-24/h6-12,14-18,21-22,25,27H,19-20H2,1-4H3/t21-,22+,25-/m1/s1. The number of hydrogen-bond acceptors (Lipinski definition) is 2. The molecule has 0 bridgehead atoms. The van der Waals surface area contributed by atoms with E-state index in [1.54, 1.807) is 6.92 Å². The van der Waals surface area contributed by atoms with Gasteiger partial charge < -0.3 is 9.53 Å². The quantitative estimate of drug-likeness (QED) is 0.442. The van der Waals surface area contributed by atoms with Crippen molar-refractivity contribution >= 4 is 18.7 Å². The van der Waals surface area contributed by atoms with Gasteiger partial charge in [-0.25, -0.2) is 0 Å². The molecular weight excluding hydrogens is 372 g/mol. The lowest BCUT2D eigenvalue weighted by atomic mass is 9.99. The molecule has 0 aromatic heterocycles. The summed E-state index contributed by atoms with van der Waals surface area (Å²) in [7, 11) is -2.58. The molecule has 2 nitrogen and oxygen atoms in total. The Morgan fingerprint density at radius 1 is 1.03 bits per heavy atom. The second-order valence-corrected chi connectivity index (χ2v) is 13.0. The van der Waals surface area contributed by atoms with Gasteiger partial charge in [-0.05, 0) is 35.2 Å². The monoisotopic (exact) mass is 404 g/mol. The van der Waals surface area contributed by atoms with Crippen LogP contribution in [-0.2, 0) is 4.43 Å². The predicted molar refractivity (Wildman–Crippen MR) is 124 cm³/mol. The third-order valence-corrected chi connectivity index (χ3v) is 10.8. The van der Waals surface area contributed by atoms with Crippen LogP contribution in [0, 0.1) is 17.8 Å². The predicted octanol–water partition coefficient (Wildman–Crippen LogP) is 4.28. The molecule has 0 unspecified atom stereocenters. The van der Waals surface area contributed by atoms with Crippen molar-refractivity contribution in [3.63, 3.8) is 0 Å². The van der Waals surface area contributed by atoms with Crippen molar-refractivity contribution in [1.29, 1.82) is 0 Å². The molecule has 3 heteroatoms. The van der Waals surface area contributed by atoms with Gasteiger partial charge in [0, 0.05) is 5.92 Å². The van der Waals surface area contributed by atoms with Crippen LogP contribution in [0.25, 0.3) is 0 Å². The summed E-state index contributed by atoms with van der Waals surface area (Å²) in [5.74, 6) is 5.87. The van der Waals surface area contributed by atoms with E-state index in [4.69, 9.17) is 4.43 Å². The van der Waals surface area contributed by atoms with Gasteiger partial charge in [0.05, 0.1) is 6.10 Å². The maximum atomic E-state index is 10.3. The van der Waals surface area contributed by atoms with Gasteiger partial charge in [0.1, 0.15) is 6.10 Å². The van der Waals surface area contributed by atoms with Crippen molar-refractivity contribution in [2.24, 2.45) is 5.92 Å². The molecule has 0 amide bonds. The Bertz CT molecular complexity index is 832. The molecule has 3 atom stereocenters. The van der Waals surface area contributed by atoms with E-state index in [2.05, 4.69) is 105 Å². The molecule has 0 saturated carbocycles. The Morgan fingerprint density at radius 2 is 1.59 bits per heavy atom. The molecule has 2 aromatic carbocycles. The molecule has 1 N–H and O–H groups in total. The first-order valence-corrected chi connectivity index (χ1v) is 12.3. The van der Waals surface area contributed by atoms with E-state index in [0.29, 0.717) is 6.42 Å². The zero-order valence-electron chi connectivity index (χ0n) is 17.9. The topological polar surface area (TPSA) is 29.5 Å². The highest BCUT2D eigenvalue weighted by Crippen LogP contribution is 2.40. The van der Waals surface area contributed by atoms with E-state index in [1.807, 2.05) is 0 Å². The van der Waals surface area contributed by atoms with Crippen LogP contribution in [0.15, 0.2) is 72.8 Å². The van der Waals surface area contributed by atoms with E-state index in [1.165, 1.54) is 10.4 Å². The zero-order chi connectivity index (χ0) is 20.9. The van der Waals surface area contributed by atoms with Crippen LogP contribution in [-0.4, -0.2) is 25.6 Å². The molecule has 1 aliphatic rings. The largest absolute Gasteiger partial charge is 0.404 e. The highest BCUT2D eigenvalue weighted by atomic mass is 28.4. The van der Waals surface area contributed by atoms with E-state index in [0.717, 1.165) is 6.42 Å². The highest BCUT2D eigenvalue weighted by Gasteiger charge is 2.52. The summed E-state index contributed by atoms with van der Waals surface area (Å²) in [5, 5.41) is 12.8. The van der Waals surface area contributed by atoms with Gasteiger partial charge in [0.15, 0.2) is 0 Å². The first-order chi connectivity index (χ1) is 13.9. The van der Waals surface area contributed by atoms with Crippen molar-refractivity contribution < 1.29 is 9.53 Å². The summed E-state index contributed by atoms with van der Waals surface area (Å²) in [5.41, 5.74) is 0. The van der Waals surface area contributed by atoms with Gasteiger partial charge in [-0.3, -0.25) is 0 Å². The molecule has 0 aliphatic heterocycles. The number of benzene rings is 2. The van der Waals surface area contributed by atoms with E-state index < -0.39 is 14.4 Å². The van der Waals surface area contributed by atoms with Gasteiger partial charge in [0.2, 0.25) is 0 Å². The van der Waals surface area contributed by atoms with Gasteiger partial charge in [0.25, 0.3) is 8.32 Å². The SMILES string of the molecule is CC#C[C@H](O)C[C@H]1C=CC[C@H]1O[Si](c1ccccc1)(c1ccccc1)C(C)(C)C. The van der Waals surface area contributed by atoms with Gasteiger partial charge in [-0.15, -0.1) is 5.92 Å². The van der Waals surface area contributed by atoms with Crippen molar-refractivity contribution in [2.45, 2.75) is 57.8 Å². The Hall–Kier alpha value is -2.12. The summed E-state index contributed by atoms with van der Waals surface area (Å²) in [6, 6.07) is 21.5. The number of hydrogen-bond donors (Lipinski definition) is 1. The van der Waals surface area contributed by atoms with Gasteiger partial charge in [-0.2, -0.15) is 0 Å². The average molecular weight is 405 g/mol. The fourth-order valence-corrected chi connectivity index (χ4v) is 9.19. The molecule has 2 aromatic rings. The smallest absolute Gasteiger partial charge is 0.261 e. The van der Waals surface area contributed by atoms with Gasteiger partial charge >= 0.3 is 0 Å². The highest BCUT2D eigenvalue weighted by molar-refractivity contribution is 6.99. The van der Waals surface area contributed by atoms with Crippen molar-refractivity contribution in [1.82, 2.24) is 0 Å². The molecule has 0 spiro atoms. The van der Waals surface area contributed by atoms with E-state index in [-0.39, 0.29) is 17.1 Å². The summed E-state index contributed by atoms with van der Waals surface area (Å²) in [6.07, 6.45) is 5.32. The van der Waals surface area contributed by atoms with Crippen molar-refractivity contribution in [2.75, 3.05) is 0 Å².